The Morgan fingerprint density at radius 1 is 1.12 bits per heavy atom. The van der Waals surface area contributed by atoms with E-state index >= 15 is 0 Å². The monoisotopic (exact) mass is 361 g/mol. The zero-order valence-corrected chi connectivity index (χ0v) is 16.4. The van der Waals surface area contributed by atoms with Crippen molar-refractivity contribution in [2.45, 2.75) is 46.2 Å². The summed E-state index contributed by atoms with van der Waals surface area (Å²) < 4.78 is 16.0. The Bertz CT molecular complexity index is 728. The van der Waals surface area contributed by atoms with Crippen LogP contribution in [0.25, 0.3) is 0 Å². The van der Waals surface area contributed by atoms with Crippen molar-refractivity contribution >= 4 is 5.69 Å². The number of rotatable bonds is 4. The summed E-state index contributed by atoms with van der Waals surface area (Å²) in [5, 5.41) is 12.6. The van der Waals surface area contributed by atoms with E-state index in [4.69, 9.17) is 0 Å². The lowest BCUT2D eigenvalue weighted by Gasteiger charge is -2.39. The van der Waals surface area contributed by atoms with Gasteiger partial charge in [-0.1, -0.05) is 26.0 Å². The number of halogens is 1. The lowest BCUT2D eigenvalue weighted by molar-refractivity contribution is -0.937. The number of benzene rings is 1. The van der Waals surface area contributed by atoms with E-state index in [0.29, 0.717) is 11.6 Å². The molecule has 3 rings (SSSR count). The number of hydrogen-bond donors (Lipinski definition) is 1. The van der Waals surface area contributed by atoms with Crippen LogP contribution in [0.2, 0.25) is 0 Å². The van der Waals surface area contributed by atoms with E-state index in [2.05, 4.69) is 55.0 Å². The van der Waals surface area contributed by atoms with E-state index < -0.39 is 0 Å². The van der Waals surface area contributed by atoms with E-state index in [-0.39, 0.29) is 17.4 Å². The first kappa shape index (κ1) is 18.8. The van der Waals surface area contributed by atoms with E-state index in [0.717, 1.165) is 32.0 Å². The van der Waals surface area contributed by atoms with Crippen LogP contribution in [0.5, 0.6) is 0 Å². The Labute approximate surface area is 155 Å². The maximum atomic E-state index is 14.1. The topological polar surface area (TPSA) is 51.3 Å². The Hall–Kier alpha value is -2.02. The van der Waals surface area contributed by atoms with Crippen LogP contribution in [0.4, 0.5) is 10.1 Å². The number of aromatic nitrogens is 4. The van der Waals surface area contributed by atoms with Gasteiger partial charge < -0.3 is 9.80 Å². The first-order chi connectivity index (χ1) is 12.3. The Kier molecular flexibility index (Phi) is 5.27. The SMILES string of the molecule is CC(C)[C@@H](c1nnnn1C(C)(C)C)[NH+]1CCN(c2ccccc2F)CC1. The molecular formula is C19H30FN6+. The van der Waals surface area contributed by atoms with E-state index in [1.165, 1.54) is 11.0 Å². The molecule has 0 bridgehead atoms. The van der Waals surface area contributed by atoms with Crippen molar-refractivity contribution < 1.29 is 9.29 Å². The Morgan fingerprint density at radius 3 is 2.35 bits per heavy atom. The fourth-order valence-corrected chi connectivity index (χ4v) is 3.87. The minimum absolute atomic E-state index is 0.145. The van der Waals surface area contributed by atoms with Crippen LogP contribution >= 0.6 is 0 Å². The third kappa shape index (κ3) is 3.72. The van der Waals surface area contributed by atoms with E-state index in [1.54, 1.807) is 6.07 Å². The van der Waals surface area contributed by atoms with Gasteiger partial charge in [-0.25, -0.2) is 9.07 Å². The van der Waals surface area contributed by atoms with Crippen molar-refractivity contribution in [2.75, 3.05) is 31.1 Å². The van der Waals surface area contributed by atoms with Crippen molar-refractivity contribution in [1.82, 2.24) is 20.2 Å². The number of quaternary nitrogens is 1. The van der Waals surface area contributed by atoms with Gasteiger partial charge in [0.2, 0.25) is 5.82 Å². The summed E-state index contributed by atoms with van der Waals surface area (Å²) in [4.78, 5) is 3.61. The number of anilines is 1. The normalized spacial score (nSPS) is 17.7. The molecule has 6 nitrogen and oxygen atoms in total. The molecule has 2 heterocycles. The maximum absolute atomic E-state index is 14.1. The van der Waals surface area contributed by atoms with Crippen molar-refractivity contribution in [3.05, 3.63) is 35.9 Å². The predicted molar refractivity (Wildman–Crippen MR) is 99.7 cm³/mol. The summed E-state index contributed by atoms with van der Waals surface area (Å²) in [6.07, 6.45) is 0. The van der Waals surface area contributed by atoms with Crippen LogP contribution in [-0.2, 0) is 5.54 Å². The quantitative estimate of drug-likeness (QED) is 0.900. The first-order valence-electron chi connectivity index (χ1n) is 9.42. The Balaban J connectivity index is 1.78. The standard InChI is InChI=1S/C19H29FN6/c1-14(2)17(18-21-22-23-26(18)19(3,4)5)25-12-10-24(11-13-25)16-9-7-6-8-15(16)20/h6-9,14,17H,10-13H2,1-5H3/p+1/t17-/m0/s1. The average molecular weight is 361 g/mol. The second kappa shape index (κ2) is 7.31. The molecule has 1 aromatic heterocycles. The summed E-state index contributed by atoms with van der Waals surface area (Å²) in [5.74, 6) is 1.21. The number of nitrogens with zero attached hydrogens (tertiary/aromatic N) is 5. The van der Waals surface area contributed by atoms with Crippen molar-refractivity contribution in [3.8, 4) is 0 Å². The molecule has 1 fully saturated rings. The van der Waals surface area contributed by atoms with Crippen molar-refractivity contribution in [2.24, 2.45) is 5.92 Å². The predicted octanol–water partition coefficient (Wildman–Crippen LogP) is 1.67. The van der Waals surface area contributed by atoms with Crippen LogP contribution in [-0.4, -0.2) is 46.4 Å². The lowest BCUT2D eigenvalue weighted by atomic mass is 9.99. The second-order valence-electron chi connectivity index (χ2n) is 8.44. The second-order valence-corrected chi connectivity index (χ2v) is 8.44. The fraction of sp³-hybridized carbons (Fsp3) is 0.632. The molecule has 2 aromatic rings. The molecule has 26 heavy (non-hydrogen) atoms. The summed E-state index contributed by atoms with van der Waals surface area (Å²) in [6.45, 7) is 14.3. The lowest BCUT2D eigenvalue weighted by Crippen LogP contribution is -3.15. The smallest absolute Gasteiger partial charge is 0.210 e. The highest BCUT2D eigenvalue weighted by Crippen LogP contribution is 2.23. The van der Waals surface area contributed by atoms with Crippen molar-refractivity contribution in [1.29, 1.82) is 0 Å². The van der Waals surface area contributed by atoms with Gasteiger partial charge in [0, 0.05) is 5.92 Å². The van der Waals surface area contributed by atoms with Gasteiger partial charge in [-0.2, -0.15) is 0 Å². The zero-order valence-electron chi connectivity index (χ0n) is 16.4. The van der Waals surface area contributed by atoms with Gasteiger partial charge >= 0.3 is 0 Å². The third-order valence-electron chi connectivity index (χ3n) is 5.11. The molecule has 0 radical (unpaired) electrons. The largest absolute Gasteiger partial charge is 0.358 e. The maximum Gasteiger partial charge on any atom is 0.210 e. The van der Waals surface area contributed by atoms with E-state index in [9.17, 15) is 4.39 Å². The molecule has 1 aromatic carbocycles. The fourth-order valence-electron chi connectivity index (χ4n) is 3.87. The molecule has 1 aliphatic heterocycles. The van der Waals surface area contributed by atoms with Gasteiger partial charge in [-0.3, -0.25) is 0 Å². The van der Waals surface area contributed by atoms with Crippen LogP contribution in [0.1, 0.15) is 46.5 Å². The summed E-state index contributed by atoms with van der Waals surface area (Å²) in [7, 11) is 0. The van der Waals surface area contributed by atoms with Crippen molar-refractivity contribution in [3.63, 3.8) is 0 Å². The average Bonchev–Trinajstić information content (AvgIpc) is 3.05. The van der Waals surface area contributed by atoms with Gasteiger partial charge in [0.1, 0.15) is 5.82 Å². The molecule has 0 spiro atoms. The van der Waals surface area contributed by atoms with Crippen LogP contribution in [0.3, 0.4) is 0 Å². The Morgan fingerprint density at radius 2 is 1.77 bits per heavy atom. The van der Waals surface area contributed by atoms with Gasteiger partial charge in [0.25, 0.3) is 0 Å². The molecule has 0 unspecified atom stereocenters. The highest BCUT2D eigenvalue weighted by Gasteiger charge is 2.37. The van der Waals surface area contributed by atoms with E-state index in [1.807, 2.05) is 16.8 Å². The number of nitrogens with one attached hydrogen (secondary N) is 1. The third-order valence-corrected chi connectivity index (χ3v) is 5.11. The number of para-hydroxylation sites is 1. The minimum atomic E-state index is -0.152. The van der Waals surface area contributed by atoms with Crippen LogP contribution in [0.15, 0.2) is 24.3 Å². The molecule has 0 aliphatic carbocycles. The van der Waals surface area contributed by atoms with Gasteiger partial charge in [-0.05, 0) is 43.3 Å². The summed E-state index contributed by atoms with van der Waals surface area (Å²) >= 11 is 0. The molecule has 1 aliphatic rings. The van der Waals surface area contributed by atoms with Crippen LogP contribution in [0, 0.1) is 11.7 Å². The molecule has 1 atom stereocenters. The van der Waals surface area contributed by atoms with Crippen LogP contribution < -0.4 is 9.80 Å². The molecular weight excluding hydrogens is 331 g/mol. The molecule has 7 heteroatoms. The molecule has 0 saturated carbocycles. The molecule has 142 valence electrons. The minimum Gasteiger partial charge on any atom is -0.358 e. The number of tetrazole rings is 1. The van der Waals surface area contributed by atoms with Gasteiger partial charge in [0.05, 0.1) is 37.4 Å². The zero-order chi connectivity index (χ0) is 18.9. The summed E-state index contributed by atoms with van der Waals surface area (Å²) in [6, 6.07) is 7.25. The van der Waals surface area contributed by atoms with Gasteiger partial charge in [0.15, 0.2) is 6.04 Å². The van der Waals surface area contributed by atoms with Gasteiger partial charge in [-0.15, -0.1) is 5.10 Å². The molecule has 0 amide bonds. The molecule has 1 saturated heterocycles. The highest BCUT2D eigenvalue weighted by atomic mass is 19.1. The number of piperazine rings is 1. The first-order valence-corrected chi connectivity index (χ1v) is 9.42. The summed E-state index contributed by atoms with van der Waals surface area (Å²) in [5.41, 5.74) is 0.549. The molecule has 1 N–H and O–H groups in total. The highest BCUT2D eigenvalue weighted by molar-refractivity contribution is 5.47. The number of hydrogen-bond acceptors (Lipinski definition) is 4.